The van der Waals surface area contributed by atoms with Gasteiger partial charge in [0.25, 0.3) is 0 Å². The first-order valence-corrected chi connectivity index (χ1v) is 12.3. The SMILES string of the molecule is CCN(CC)C(=O)Oc1ccc2c(ccn2Cc2ccc(C)cc2C)c1-c1ccc(OC)c(OC)c1. The molecule has 0 atom stereocenters. The van der Waals surface area contributed by atoms with Crippen molar-refractivity contribution in [2.45, 2.75) is 34.2 Å². The maximum absolute atomic E-state index is 12.9. The number of methoxy groups -OCH3 is 2. The Hall–Kier alpha value is -3.93. The molecule has 6 nitrogen and oxygen atoms in total. The zero-order chi connectivity index (χ0) is 25.8. The van der Waals surface area contributed by atoms with Gasteiger partial charge in [-0.2, -0.15) is 0 Å². The molecular weight excluding hydrogens is 452 g/mol. The van der Waals surface area contributed by atoms with Gasteiger partial charge in [0.05, 0.1) is 14.2 Å². The van der Waals surface area contributed by atoms with Crippen molar-refractivity contribution in [1.82, 2.24) is 9.47 Å². The molecule has 0 fully saturated rings. The lowest BCUT2D eigenvalue weighted by atomic mass is 9.99. The van der Waals surface area contributed by atoms with Gasteiger partial charge in [-0.3, -0.25) is 0 Å². The molecule has 6 heteroatoms. The van der Waals surface area contributed by atoms with E-state index in [2.05, 4.69) is 48.9 Å². The molecule has 0 saturated heterocycles. The molecule has 0 saturated carbocycles. The fourth-order valence-electron chi connectivity index (χ4n) is 4.61. The first kappa shape index (κ1) is 25.2. The van der Waals surface area contributed by atoms with Crippen LogP contribution in [0.4, 0.5) is 4.79 Å². The Morgan fingerprint density at radius 1 is 0.861 bits per heavy atom. The molecule has 36 heavy (non-hydrogen) atoms. The number of ether oxygens (including phenoxy) is 3. The van der Waals surface area contributed by atoms with Crippen LogP contribution in [0.1, 0.15) is 30.5 Å². The van der Waals surface area contributed by atoms with Gasteiger partial charge in [0.1, 0.15) is 5.75 Å². The van der Waals surface area contributed by atoms with E-state index in [0.717, 1.165) is 28.6 Å². The second-order valence-electron chi connectivity index (χ2n) is 8.86. The summed E-state index contributed by atoms with van der Waals surface area (Å²) in [5, 5.41) is 0.997. The lowest BCUT2D eigenvalue weighted by Gasteiger charge is -2.20. The minimum atomic E-state index is -0.365. The Balaban J connectivity index is 1.85. The number of fused-ring (bicyclic) bond motifs is 1. The Morgan fingerprint density at radius 3 is 2.25 bits per heavy atom. The van der Waals surface area contributed by atoms with Crippen LogP contribution in [-0.4, -0.2) is 42.9 Å². The van der Waals surface area contributed by atoms with Gasteiger partial charge in [-0.15, -0.1) is 0 Å². The molecule has 0 aliphatic rings. The molecule has 188 valence electrons. The Bertz CT molecular complexity index is 1390. The minimum absolute atomic E-state index is 0.365. The summed E-state index contributed by atoms with van der Waals surface area (Å²) in [6.45, 7) is 10.0. The number of rotatable bonds is 8. The fourth-order valence-corrected chi connectivity index (χ4v) is 4.61. The summed E-state index contributed by atoms with van der Waals surface area (Å²) in [5.41, 5.74) is 6.56. The number of aromatic nitrogens is 1. The monoisotopic (exact) mass is 486 g/mol. The smallest absolute Gasteiger partial charge is 0.415 e. The molecule has 1 heterocycles. The van der Waals surface area contributed by atoms with Crippen molar-refractivity contribution >= 4 is 17.0 Å². The Morgan fingerprint density at radius 2 is 1.58 bits per heavy atom. The van der Waals surface area contributed by atoms with Crippen molar-refractivity contribution < 1.29 is 19.0 Å². The van der Waals surface area contributed by atoms with Crippen LogP contribution in [0, 0.1) is 13.8 Å². The van der Waals surface area contributed by atoms with Crippen LogP contribution >= 0.6 is 0 Å². The lowest BCUT2D eigenvalue weighted by Crippen LogP contribution is -2.33. The molecule has 0 spiro atoms. The van der Waals surface area contributed by atoms with E-state index in [1.54, 1.807) is 19.1 Å². The minimum Gasteiger partial charge on any atom is -0.493 e. The van der Waals surface area contributed by atoms with Crippen molar-refractivity contribution in [3.8, 4) is 28.4 Å². The van der Waals surface area contributed by atoms with Crippen LogP contribution in [0.3, 0.4) is 0 Å². The van der Waals surface area contributed by atoms with E-state index in [1.807, 2.05) is 44.2 Å². The number of amides is 1. The Labute approximate surface area is 213 Å². The van der Waals surface area contributed by atoms with Crippen LogP contribution in [-0.2, 0) is 6.54 Å². The third-order valence-corrected chi connectivity index (χ3v) is 6.64. The zero-order valence-corrected chi connectivity index (χ0v) is 21.9. The van der Waals surface area contributed by atoms with E-state index in [9.17, 15) is 4.79 Å². The first-order valence-electron chi connectivity index (χ1n) is 12.3. The predicted molar refractivity (Wildman–Crippen MR) is 144 cm³/mol. The average Bonchev–Trinajstić information content (AvgIpc) is 3.28. The molecule has 3 aromatic carbocycles. The van der Waals surface area contributed by atoms with Crippen LogP contribution in [0.2, 0.25) is 0 Å². The van der Waals surface area contributed by atoms with Crippen molar-refractivity contribution in [3.05, 3.63) is 77.5 Å². The largest absolute Gasteiger partial charge is 0.493 e. The number of carbonyl (C=O) groups excluding carboxylic acids is 1. The van der Waals surface area contributed by atoms with Crippen LogP contribution in [0.15, 0.2) is 60.8 Å². The molecule has 0 unspecified atom stereocenters. The van der Waals surface area contributed by atoms with Crippen LogP contribution < -0.4 is 14.2 Å². The second-order valence-corrected chi connectivity index (χ2v) is 8.86. The highest BCUT2D eigenvalue weighted by atomic mass is 16.6. The number of hydrogen-bond acceptors (Lipinski definition) is 4. The second kappa shape index (κ2) is 10.8. The van der Waals surface area contributed by atoms with Gasteiger partial charge in [0, 0.05) is 42.3 Å². The van der Waals surface area contributed by atoms with Crippen LogP contribution in [0.5, 0.6) is 17.2 Å². The highest BCUT2D eigenvalue weighted by molar-refractivity contribution is 6.00. The molecule has 0 N–H and O–H groups in total. The standard InChI is InChI=1S/C30H34N2O4/c1-7-31(8-2)30(33)36-27-14-12-25-24(29(27)22-11-13-26(34-5)28(18-22)35-6)15-16-32(25)19-23-10-9-20(3)17-21(23)4/h9-18H,7-8,19H2,1-6H3. The van der Waals surface area contributed by atoms with E-state index in [1.165, 1.54) is 16.7 Å². The summed E-state index contributed by atoms with van der Waals surface area (Å²) in [6, 6.07) is 18.3. The van der Waals surface area contributed by atoms with Crippen molar-refractivity contribution in [1.29, 1.82) is 0 Å². The predicted octanol–water partition coefficient (Wildman–Crippen LogP) is 6.83. The summed E-state index contributed by atoms with van der Waals surface area (Å²) in [6.07, 6.45) is 1.72. The zero-order valence-electron chi connectivity index (χ0n) is 21.9. The Kier molecular flexibility index (Phi) is 7.53. The first-order chi connectivity index (χ1) is 17.4. The van der Waals surface area contributed by atoms with Gasteiger partial charge in [0.2, 0.25) is 0 Å². The average molecular weight is 487 g/mol. The molecule has 0 aliphatic heterocycles. The summed E-state index contributed by atoms with van der Waals surface area (Å²) in [4.78, 5) is 14.5. The number of hydrogen-bond donors (Lipinski definition) is 0. The number of carbonyl (C=O) groups is 1. The van der Waals surface area contributed by atoms with Gasteiger partial charge < -0.3 is 23.7 Å². The van der Waals surface area contributed by atoms with Crippen LogP contribution in [0.25, 0.3) is 22.0 Å². The summed E-state index contributed by atoms with van der Waals surface area (Å²) in [5.74, 6) is 1.76. The van der Waals surface area contributed by atoms with E-state index >= 15 is 0 Å². The van der Waals surface area contributed by atoms with E-state index in [-0.39, 0.29) is 6.09 Å². The normalized spacial score (nSPS) is 10.9. The van der Waals surface area contributed by atoms with Gasteiger partial charge in [-0.25, -0.2) is 4.79 Å². The maximum Gasteiger partial charge on any atom is 0.415 e. The molecular formula is C30H34N2O4. The molecule has 1 amide bonds. The molecule has 0 radical (unpaired) electrons. The van der Waals surface area contributed by atoms with Gasteiger partial charge >= 0.3 is 6.09 Å². The van der Waals surface area contributed by atoms with Gasteiger partial charge in [-0.05, 0) is 74.7 Å². The third-order valence-electron chi connectivity index (χ3n) is 6.64. The van der Waals surface area contributed by atoms with Crippen molar-refractivity contribution in [2.24, 2.45) is 0 Å². The van der Waals surface area contributed by atoms with Gasteiger partial charge in [-0.1, -0.05) is 29.8 Å². The van der Waals surface area contributed by atoms with E-state index < -0.39 is 0 Å². The highest BCUT2D eigenvalue weighted by Crippen LogP contribution is 2.41. The number of nitrogens with zero attached hydrogens (tertiary/aromatic N) is 2. The lowest BCUT2D eigenvalue weighted by molar-refractivity contribution is 0.157. The molecule has 4 aromatic rings. The van der Waals surface area contributed by atoms with E-state index in [4.69, 9.17) is 14.2 Å². The fraction of sp³-hybridized carbons (Fsp3) is 0.300. The molecule has 0 bridgehead atoms. The quantitative estimate of drug-likeness (QED) is 0.274. The summed E-state index contributed by atoms with van der Waals surface area (Å²) < 4.78 is 19.2. The van der Waals surface area contributed by atoms with E-state index in [0.29, 0.717) is 30.3 Å². The molecule has 1 aromatic heterocycles. The van der Waals surface area contributed by atoms with Crippen molar-refractivity contribution in [3.63, 3.8) is 0 Å². The summed E-state index contributed by atoms with van der Waals surface area (Å²) >= 11 is 0. The van der Waals surface area contributed by atoms with Crippen molar-refractivity contribution in [2.75, 3.05) is 27.3 Å². The highest BCUT2D eigenvalue weighted by Gasteiger charge is 2.20. The number of benzene rings is 3. The third kappa shape index (κ3) is 4.89. The molecule has 4 rings (SSSR count). The number of aryl methyl sites for hydroxylation is 2. The summed E-state index contributed by atoms with van der Waals surface area (Å²) in [7, 11) is 3.23. The topological polar surface area (TPSA) is 52.9 Å². The maximum atomic E-state index is 12.9. The van der Waals surface area contributed by atoms with Gasteiger partial charge in [0.15, 0.2) is 11.5 Å². The molecule has 0 aliphatic carbocycles.